The molecule has 1 saturated heterocycles. The molecular formula is C10H12N2O5. The molecule has 7 nitrogen and oxygen atoms in total. The molecule has 0 bridgehead atoms. The van der Waals surface area contributed by atoms with Crippen molar-refractivity contribution in [2.45, 2.75) is 24.7 Å². The SMILES string of the molecule is O=C1CC(O)(O)C(c2cccnc2)N1C(O)O. The van der Waals surface area contributed by atoms with E-state index < -0.39 is 30.6 Å². The molecule has 1 atom stereocenters. The summed E-state index contributed by atoms with van der Waals surface area (Å²) in [5.74, 6) is -3.09. The van der Waals surface area contributed by atoms with E-state index in [1.54, 1.807) is 6.07 Å². The Labute approximate surface area is 96.6 Å². The lowest BCUT2D eigenvalue weighted by Gasteiger charge is -2.30. The van der Waals surface area contributed by atoms with Crippen molar-refractivity contribution < 1.29 is 25.2 Å². The van der Waals surface area contributed by atoms with E-state index in [0.29, 0.717) is 10.5 Å². The third-order valence-corrected chi connectivity index (χ3v) is 2.66. The Bertz CT molecular complexity index is 420. The number of aliphatic hydroxyl groups excluding tert-OH is 1. The van der Waals surface area contributed by atoms with Crippen LogP contribution in [0.5, 0.6) is 0 Å². The van der Waals surface area contributed by atoms with Gasteiger partial charge < -0.3 is 20.4 Å². The van der Waals surface area contributed by atoms with E-state index in [9.17, 15) is 15.0 Å². The lowest BCUT2D eigenvalue weighted by molar-refractivity contribution is -0.219. The average Bonchev–Trinajstić information content (AvgIpc) is 2.49. The minimum Gasteiger partial charge on any atom is -0.363 e. The van der Waals surface area contributed by atoms with Crippen LogP contribution in [0, 0.1) is 0 Å². The van der Waals surface area contributed by atoms with E-state index in [1.807, 2.05) is 0 Å². The summed E-state index contributed by atoms with van der Waals surface area (Å²) in [4.78, 5) is 15.9. The van der Waals surface area contributed by atoms with Crippen LogP contribution >= 0.6 is 0 Å². The maximum absolute atomic E-state index is 11.5. The van der Waals surface area contributed by atoms with E-state index >= 15 is 0 Å². The maximum Gasteiger partial charge on any atom is 0.238 e. The van der Waals surface area contributed by atoms with Crippen molar-refractivity contribution in [3.05, 3.63) is 30.1 Å². The van der Waals surface area contributed by atoms with Crippen LogP contribution in [0.3, 0.4) is 0 Å². The topological polar surface area (TPSA) is 114 Å². The Hall–Kier alpha value is -1.54. The summed E-state index contributed by atoms with van der Waals surface area (Å²) in [6.45, 7) is 0. The third kappa shape index (κ3) is 2.01. The summed E-state index contributed by atoms with van der Waals surface area (Å²) in [6.07, 6.45) is 0.134. The molecule has 2 rings (SSSR count). The molecule has 1 aromatic heterocycles. The molecule has 92 valence electrons. The van der Waals surface area contributed by atoms with Crippen LogP contribution in [0.2, 0.25) is 0 Å². The van der Waals surface area contributed by atoms with Gasteiger partial charge in [0.15, 0.2) is 5.79 Å². The van der Waals surface area contributed by atoms with Gasteiger partial charge in [-0.3, -0.25) is 14.7 Å². The highest BCUT2D eigenvalue weighted by molar-refractivity contribution is 5.80. The fourth-order valence-electron chi connectivity index (χ4n) is 2.00. The number of hydrogen-bond donors (Lipinski definition) is 4. The summed E-state index contributed by atoms with van der Waals surface area (Å²) < 4.78 is 0. The molecule has 1 fully saturated rings. The Kier molecular flexibility index (Phi) is 2.84. The zero-order valence-electron chi connectivity index (χ0n) is 8.76. The van der Waals surface area contributed by atoms with Gasteiger partial charge in [0.1, 0.15) is 6.04 Å². The highest BCUT2D eigenvalue weighted by Crippen LogP contribution is 2.39. The summed E-state index contributed by atoms with van der Waals surface area (Å²) >= 11 is 0. The molecule has 1 aliphatic rings. The Morgan fingerprint density at radius 2 is 2.18 bits per heavy atom. The molecule has 7 heteroatoms. The lowest BCUT2D eigenvalue weighted by Crippen LogP contribution is -2.42. The zero-order valence-corrected chi connectivity index (χ0v) is 8.76. The van der Waals surface area contributed by atoms with Crippen molar-refractivity contribution in [2.75, 3.05) is 0 Å². The second-order valence-corrected chi connectivity index (χ2v) is 3.89. The van der Waals surface area contributed by atoms with E-state index in [-0.39, 0.29) is 0 Å². The maximum atomic E-state index is 11.5. The number of aromatic nitrogens is 1. The fraction of sp³-hybridized carbons (Fsp3) is 0.400. The normalized spacial score (nSPS) is 23.5. The minimum atomic E-state index is -2.34. The summed E-state index contributed by atoms with van der Waals surface area (Å²) in [5, 5.41) is 37.7. The first kappa shape index (κ1) is 11.9. The number of pyridine rings is 1. The molecule has 1 aromatic rings. The third-order valence-electron chi connectivity index (χ3n) is 2.66. The number of amides is 1. The number of carbonyl (C=O) groups excluding carboxylic acids is 1. The Balaban J connectivity index is 2.44. The van der Waals surface area contributed by atoms with E-state index in [4.69, 9.17) is 10.2 Å². The van der Waals surface area contributed by atoms with Gasteiger partial charge in [-0.15, -0.1) is 0 Å². The molecule has 0 saturated carbocycles. The molecule has 0 aliphatic carbocycles. The first-order valence-corrected chi connectivity index (χ1v) is 4.95. The number of nitrogens with zero attached hydrogens (tertiary/aromatic N) is 2. The van der Waals surface area contributed by atoms with Crippen molar-refractivity contribution in [2.24, 2.45) is 0 Å². The second kappa shape index (κ2) is 4.04. The fourth-order valence-corrected chi connectivity index (χ4v) is 2.00. The molecular weight excluding hydrogens is 228 g/mol. The van der Waals surface area contributed by atoms with Crippen molar-refractivity contribution >= 4 is 5.91 Å². The van der Waals surface area contributed by atoms with Crippen LogP contribution in [0.4, 0.5) is 0 Å². The van der Waals surface area contributed by atoms with Gasteiger partial charge in [0.05, 0.1) is 6.42 Å². The smallest absolute Gasteiger partial charge is 0.238 e. The molecule has 0 aromatic carbocycles. The summed E-state index contributed by atoms with van der Waals surface area (Å²) in [6, 6.07) is 1.83. The van der Waals surface area contributed by atoms with E-state index in [2.05, 4.69) is 4.98 Å². The highest BCUT2D eigenvalue weighted by Gasteiger charge is 2.52. The molecule has 2 heterocycles. The number of likely N-dealkylation sites (tertiary alicyclic amines) is 1. The van der Waals surface area contributed by atoms with Gasteiger partial charge in [0, 0.05) is 12.4 Å². The highest BCUT2D eigenvalue weighted by atomic mass is 16.5. The number of carbonyl (C=O) groups is 1. The summed E-state index contributed by atoms with van der Waals surface area (Å²) in [5.41, 5.74) is 0.316. The van der Waals surface area contributed by atoms with Gasteiger partial charge >= 0.3 is 0 Å². The molecule has 0 spiro atoms. The van der Waals surface area contributed by atoms with Crippen molar-refractivity contribution in [3.8, 4) is 0 Å². The van der Waals surface area contributed by atoms with Crippen LogP contribution in [-0.4, -0.2) is 48.4 Å². The van der Waals surface area contributed by atoms with Crippen LogP contribution < -0.4 is 0 Å². The van der Waals surface area contributed by atoms with Crippen LogP contribution in [-0.2, 0) is 4.79 Å². The predicted molar refractivity (Wildman–Crippen MR) is 53.8 cm³/mol. The monoisotopic (exact) mass is 240 g/mol. The average molecular weight is 240 g/mol. The van der Waals surface area contributed by atoms with E-state index in [1.165, 1.54) is 18.5 Å². The number of aliphatic hydroxyl groups is 4. The molecule has 1 aliphatic heterocycles. The minimum absolute atomic E-state index is 0.316. The van der Waals surface area contributed by atoms with Crippen molar-refractivity contribution in [3.63, 3.8) is 0 Å². The quantitative estimate of drug-likeness (QED) is 0.458. The number of rotatable bonds is 2. The summed E-state index contributed by atoms with van der Waals surface area (Å²) in [7, 11) is 0. The lowest BCUT2D eigenvalue weighted by atomic mass is 10.0. The zero-order chi connectivity index (χ0) is 12.6. The Morgan fingerprint density at radius 1 is 1.47 bits per heavy atom. The number of hydrogen-bond acceptors (Lipinski definition) is 6. The van der Waals surface area contributed by atoms with Gasteiger partial charge in [-0.05, 0) is 11.6 Å². The molecule has 1 unspecified atom stereocenters. The van der Waals surface area contributed by atoms with Crippen LogP contribution in [0.1, 0.15) is 18.0 Å². The van der Waals surface area contributed by atoms with Crippen LogP contribution in [0.15, 0.2) is 24.5 Å². The van der Waals surface area contributed by atoms with Gasteiger partial charge in [-0.1, -0.05) is 6.07 Å². The first-order valence-electron chi connectivity index (χ1n) is 4.95. The Morgan fingerprint density at radius 3 is 2.71 bits per heavy atom. The largest absolute Gasteiger partial charge is 0.363 e. The molecule has 4 N–H and O–H groups in total. The standard InChI is InChI=1S/C10H12N2O5/c13-7-4-10(16,17)8(12(7)9(14)15)6-2-1-3-11-5-6/h1-3,5,8-9,14-17H,4H2. The van der Waals surface area contributed by atoms with Crippen molar-refractivity contribution in [1.29, 1.82) is 0 Å². The van der Waals surface area contributed by atoms with Gasteiger partial charge in [0.2, 0.25) is 12.3 Å². The molecule has 17 heavy (non-hydrogen) atoms. The molecule has 1 amide bonds. The predicted octanol–water partition coefficient (Wildman–Crippen LogP) is -1.70. The molecule has 0 radical (unpaired) electrons. The second-order valence-electron chi connectivity index (χ2n) is 3.89. The van der Waals surface area contributed by atoms with Crippen molar-refractivity contribution in [1.82, 2.24) is 9.88 Å². The van der Waals surface area contributed by atoms with E-state index in [0.717, 1.165) is 0 Å². The van der Waals surface area contributed by atoms with Gasteiger partial charge in [-0.2, -0.15) is 0 Å². The van der Waals surface area contributed by atoms with Crippen LogP contribution in [0.25, 0.3) is 0 Å². The van der Waals surface area contributed by atoms with Gasteiger partial charge in [0.25, 0.3) is 0 Å². The van der Waals surface area contributed by atoms with Gasteiger partial charge in [-0.25, -0.2) is 0 Å². The first-order chi connectivity index (χ1) is 7.93.